The minimum Gasteiger partial charge on any atom is -0.353 e. The maximum absolute atomic E-state index is 13.7. The maximum Gasteiger partial charge on any atom is 0.323 e. The summed E-state index contributed by atoms with van der Waals surface area (Å²) in [6.45, 7) is 1.65. The third-order valence-electron chi connectivity index (χ3n) is 4.51. The van der Waals surface area contributed by atoms with Gasteiger partial charge in [-0.25, -0.2) is 13.6 Å². The molecule has 0 radical (unpaired) electrons. The number of nitrogens with one attached hydrogen (secondary N) is 3. The molecule has 140 valence electrons. The van der Waals surface area contributed by atoms with Crippen molar-refractivity contribution in [2.75, 3.05) is 10.6 Å². The van der Waals surface area contributed by atoms with Crippen LogP contribution < -0.4 is 10.6 Å². The SMILES string of the molecule is Cc1ccc(NC(=O)Nc2c(-c3ccc(F)cc3)[nH]c3ccccc23)cc1F. The molecular formula is C22H17F2N3O. The van der Waals surface area contributed by atoms with Gasteiger partial charge in [-0.15, -0.1) is 0 Å². The average Bonchev–Trinajstić information content (AvgIpc) is 3.04. The number of H-pyrrole nitrogens is 1. The van der Waals surface area contributed by atoms with E-state index < -0.39 is 11.8 Å². The Labute approximate surface area is 160 Å². The maximum atomic E-state index is 13.7. The van der Waals surface area contributed by atoms with E-state index in [-0.39, 0.29) is 5.82 Å². The molecule has 0 aliphatic rings. The molecule has 6 heteroatoms. The first-order chi connectivity index (χ1) is 13.5. The zero-order chi connectivity index (χ0) is 19.7. The zero-order valence-corrected chi connectivity index (χ0v) is 15.0. The number of urea groups is 1. The average molecular weight is 377 g/mol. The number of carbonyl (C=O) groups excluding carboxylic acids is 1. The van der Waals surface area contributed by atoms with Crippen molar-refractivity contribution in [3.05, 3.63) is 83.9 Å². The Morgan fingerprint density at radius 2 is 1.68 bits per heavy atom. The fraction of sp³-hybridized carbons (Fsp3) is 0.0455. The largest absolute Gasteiger partial charge is 0.353 e. The van der Waals surface area contributed by atoms with Crippen molar-refractivity contribution in [1.82, 2.24) is 4.98 Å². The fourth-order valence-electron chi connectivity index (χ4n) is 3.05. The number of aryl methyl sites for hydroxylation is 1. The van der Waals surface area contributed by atoms with Crippen molar-refractivity contribution in [2.45, 2.75) is 6.92 Å². The van der Waals surface area contributed by atoms with Gasteiger partial charge in [-0.2, -0.15) is 0 Å². The first-order valence-electron chi connectivity index (χ1n) is 8.72. The van der Waals surface area contributed by atoms with Crippen LogP contribution in [0, 0.1) is 18.6 Å². The van der Waals surface area contributed by atoms with Crippen LogP contribution in [0.15, 0.2) is 66.7 Å². The van der Waals surface area contributed by atoms with Gasteiger partial charge in [0.2, 0.25) is 0 Å². The molecule has 28 heavy (non-hydrogen) atoms. The van der Waals surface area contributed by atoms with E-state index in [1.54, 1.807) is 31.2 Å². The highest BCUT2D eigenvalue weighted by Crippen LogP contribution is 2.35. The summed E-state index contributed by atoms with van der Waals surface area (Å²) in [5, 5.41) is 6.28. The number of hydrogen-bond acceptors (Lipinski definition) is 1. The smallest absolute Gasteiger partial charge is 0.323 e. The normalized spacial score (nSPS) is 10.8. The molecule has 2 amide bonds. The van der Waals surface area contributed by atoms with Gasteiger partial charge < -0.3 is 15.6 Å². The number of aromatic nitrogens is 1. The topological polar surface area (TPSA) is 56.9 Å². The first kappa shape index (κ1) is 17.7. The first-order valence-corrected chi connectivity index (χ1v) is 8.72. The molecule has 0 saturated carbocycles. The highest BCUT2D eigenvalue weighted by Gasteiger charge is 2.16. The predicted molar refractivity (Wildman–Crippen MR) is 107 cm³/mol. The van der Waals surface area contributed by atoms with Crippen LogP contribution in [-0.4, -0.2) is 11.0 Å². The summed E-state index contributed by atoms with van der Waals surface area (Å²) in [5.41, 5.74) is 3.64. The second-order valence-corrected chi connectivity index (χ2v) is 6.47. The molecule has 0 aliphatic carbocycles. The quantitative estimate of drug-likeness (QED) is 0.399. The van der Waals surface area contributed by atoms with Crippen molar-refractivity contribution in [3.63, 3.8) is 0 Å². The van der Waals surface area contributed by atoms with Gasteiger partial charge in [0, 0.05) is 22.2 Å². The Balaban J connectivity index is 1.68. The third-order valence-corrected chi connectivity index (χ3v) is 4.51. The van der Waals surface area contributed by atoms with Crippen molar-refractivity contribution in [1.29, 1.82) is 0 Å². The van der Waals surface area contributed by atoms with E-state index >= 15 is 0 Å². The van der Waals surface area contributed by atoms with Gasteiger partial charge in [-0.1, -0.05) is 24.3 Å². The van der Waals surface area contributed by atoms with E-state index in [2.05, 4.69) is 15.6 Å². The second-order valence-electron chi connectivity index (χ2n) is 6.47. The van der Waals surface area contributed by atoms with Crippen LogP contribution >= 0.6 is 0 Å². The Kier molecular flexibility index (Phi) is 4.53. The number of rotatable bonds is 3. The number of para-hydroxylation sites is 1. The fourth-order valence-corrected chi connectivity index (χ4v) is 3.05. The Morgan fingerprint density at radius 1 is 0.929 bits per heavy atom. The van der Waals surface area contributed by atoms with Crippen LogP contribution in [0.5, 0.6) is 0 Å². The van der Waals surface area contributed by atoms with Crippen LogP contribution in [-0.2, 0) is 0 Å². The summed E-state index contributed by atoms with van der Waals surface area (Å²) >= 11 is 0. The van der Waals surface area contributed by atoms with Crippen molar-refractivity contribution in [2.24, 2.45) is 0 Å². The minimum atomic E-state index is -0.503. The van der Waals surface area contributed by atoms with Gasteiger partial charge in [-0.05, 0) is 55.0 Å². The molecule has 0 fully saturated rings. The number of anilines is 2. The van der Waals surface area contributed by atoms with E-state index in [1.807, 2.05) is 24.3 Å². The number of amides is 2. The lowest BCUT2D eigenvalue weighted by Crippen LogP contribution is -2.19. The summed E-state index contributed by atoms with van der Waals surface area (Å²) < 4.78 is 27.0. The molecule has 3 aromatic carbocycles. The van der Waals surface area contributed by atoms with Gasteiger partial charge in [0.25, 0.3) is 0 Å². The van der Waals surface area contributed by atoms with E-state index in [0.717, 1.165) is 16.5 Å². The van der Waals surface area contributed by atoms with Crippen molar-refractivity contribution >= 4 is 28.3 Å². The van der Waals surface area contributed by atoms with Gasteiger partial charge in [0.1, 0.15) is 11.6 Å². The Hall–Kier alpha value is -3.67. The highest BCUT2D eigenvalue weighted by atomic mass is 19.1. The number of hydrogen-bond donors (Lipinski definition) is 3. The molecule has 0 spiro atoms. The molecule has 0 bridgehead atoms. The van der Waals surface area contributed by atoms with Crippen molar-refractivity contribution < 1.29 is 13.6 Å². The van der Waals surface area contributed by atoms with Crippen LogP contribution in [0.2, 0.25) is 0 Å². The molecular weight excluding hydrogens is 360 g/mol. The Morgan fingerprint density at radius 3 is 2.43 bits per heavy atom. The summed E-state index contributed by atoms with van der Waals surface area (Å²) in [4.78, 5) is 15.8. The van der Waals surface area contributed by atoms with E-state index in [4.69, 9.17) is 0 Å². The minimum absolute atomic E-state index is 0.339. The van der Waals surface area contributed by atoms with E-state index in [0.29, 0.717) is 22.6 Å². The van der Waals surface area contributed by atoms with Crippen LogP contribution in [0.25, 0.3) is 22.2 Å². The molecule has 4 rings (SSSR count). The monoisotopic (exact) mass is 377 g/mol. The highest BCUT2D eigenvalue weighted by molar-refractivity contribution is 6.10. The van der Waals surface area contributed by atoms with E-state index in [9.17, 15) is 13.6 Å². The van der Waals surface area contributed by atoms with Gasteiger partial charge in [-0.3, -0.25) is 0 Å². The number of benzene rings is 3. The molecule has 1 heterocycles. The predicted octanol–water partition coefficient (Wildman–Crippen LogP) is 6.07. The second kappa shape index (κ2) is 7.15. The summed E-state index contributed by atoms with van der Waals surface area (Å²) in [5.74, 6) is -0.731. The molecule has 0 atom stereocenters. The van der Waals surface area contributed by atoms with Crippen LogP contribution in [0.1, 0.15) is 5.56 Å². The molecule has 0 unspecified atom stereocenters. The lowest BCUT2D eigenvalue weighted by atomic mass is 10.1. The van der Waals surface area contributed by atoms with Gasteiger partial charge in [0.05, 0.1) is 11.4 Å². The number of fused-ring (bicyclic) bond motifs is 1. The molecule has 1 aromatic heterocycles. The summed E-state index contributed by atoms with van der Waals surface area (Å²) in [7, 11) is 0. The molecule has 4 nitrogen and oxygen atoms in total. The van der Waals surface area contributed by atoms with Gasteiger partial charge in [0.15, 0.2) is 0 Å². The standard InChI is InChI=1S/C22H17F2N3O/c1-13-6-11-16(12-18(13)24)25-22(28)27-21-17-4-2-3-5-19(17)26-20(21)14-7-9-15(23)10-8-14/h2-12,26H,1H3,(H2,25,27,28). The summed E-state index contributed by atoms with van der Waals surface area (Å²) in [6, 6.07) is 17.5. The summed E-state index contributed by atoms with van der Waals surface area (Å²) in [6.07, 6.45) is 0. The lowest BCUT2D eigenvalue weighted by Gasteiger charge is -2.10. The van der Waals surface area contributed by atoms with E-state index in [1.165, 1.54) is 18.2 Å². The third kappa shape index (κ3) is 3.44. The number of aromatic amines is 1. The molecule has 4 aromatic rings. The zero-order valence-electron chi connectivity index (χ0n) is 15.0. The van der Waals surface area contributed by atoms with Crippen LogP contribution in [0.3, 0.4) is 0 Å². The van der Waals surface area contributed by atoms with Gasteiger partial charge >= 0.3 is 6.03 Å². The Bertz CT molecular complexity index is 1170. The lowest BCUT2D eigenvalue weighted by molar-refractivity contribution is 0.262. The molecule has 0 saturated heterocycles. The molecule has 3 N–H and O–H groups in total. The van der Waals surface area contributed by atoms with Crippen LogP contribution in [0.4, 0.5) is 25.0 Å². The number of carbonyl (C=O) groups is 1. The van der Waals surface area contributed by atoms with Crippen molar-refractivity contribution in [3.8, 4) is 11.3 Å². The number of halogens is 2. The molecule has 0 aliphatic heterocycles.